The Hall–Kier alpha value is -1.81. The summed E-state index contributed by atoms with van der Waals surface area (Å²) in [4.78, 5) is 16.7. The Morgan fingerprint density at radius 1 is 1.24 bits per heavy atom. The van der Waals surface area contributed by atoms with Crippen LogP contribution in [0.2, 0.25) is 0 Å². The number of rotatable bonds is 8. The summed E-state index contributed by atoms with van der Waals surface area (Å²) in [6.07, 6.45) is 8.34. The maximum Gasteiger partial charge on any atom is 0.253 e. The topological polar surface area (TPSA) is 32.8 Å². The minimum atomic E-state index is 0.0877. The first-order valence-corrected chi connectivity index (χ1v) is 9.65. The SMILES string of the molecule is CCN(CC)C(=O)c1ccc(OCCCN2CC[C@@H]3CC=C[C@H]32)cc1. The molecule has 0 bridgehead atoms. The zero-order valence-electron chi connectivity index (χ0n) is 15.5. The monoisotopic (exact) mass is 342 g/mol. The summed E-state index contributed by atoms with van der Waals surface area (Å²) in [6.45, 7) is 8.53. The number of carbonyl (C=O) groups excluding carboxylic acids is 1. The Labute approximate surface area is 151 Å². The van der Waals surface area contributed by atoms with Crippen LogP contribution in [0.5, 0.6) is 5.75 Å². The van der Waals surface area contributed by atoms with Gasteiger partial charge in [0, 0.05) is 31.2 Å². The molecule has 1 heterocycles. The van der Waals surface area contributed by atoms with E-state index in [1.54, 1.807) is 0 Å². The molecule has 1 aliphatic carbocycles. The summed E-state index contributed by atoms with van der Waals surface area (Å²) in [7, 11) is 0. The van der Waals surface area contributed by atoms with Crippen LogP contribution in [0, 0.1) is 5.92 Å². The van der Waals surface area contributed by atoms with E-state index in [9.17, 15) is 4.79 Å². The quantitative estimate of drug-likeness (QED) is 0.535. The molecular weight excluding hydrogens is 312 g/mol. The van der Waals surface area contributed by atoms with Gasteiger partial charge in [0.25, 0.3) is 5.91 Å². The third-order valence-electron chi connectivity index (χ3n) is 5.47. The molecule has 1 aromatic rings. The van der Waals surface area contributed by atoms with E-state index in [2.05, 4.69) is 17.1 Å². The molecule has 1 fully saturated rings. The number of hydrogen-bond acceptors (Lipinski definition) is 3. The van der Waals surface area contributed by atoms with Gasteiger partial charge in [-0.3, -0.25) is 9.69 Å². The minimum absolute atomic E-state index is 0.0877. The predicted octanol–water partition coefficient (Wildman–Crippen LogP) is 3.59. The molecule has 1 saturated heterocycles. The van der Waals surface area contributed by atoms with Crippen LogP contribution in [-0.4, -0.2) is 54.5 Å². The standard InChI is InChI=1S/C21H30N2O2/c1-3-22(4-2)21(24)18-9-11-19(12-10-18)25-16-6-14-23-15-13-17-7-5-8-20(17)23/h5,8-12,17,20H,3-4,6-7,13-16H2,1-2H3/t17-,20+/m0/s1. The number of fused-ring (bicyclic) bond motifs is 1. The molecule has 3 rings (SSSR count). The number of nitrogens with zero attached hydrogens (tertiary/aromatic N) is 2. The van der Waals surface area contributed by atoms with E-state index in [0.29, 0.717) is 6.04 Å². The average Bonchev–Trinajstić information content (AvgIpc) is 3.24. The molecule has 0 spiro atoms. The Bertz CT molecular complexity index is 592. The molecule has 0 unspecified atom stereocenters. The number of likely N-dealkylation sites (tertiary alicyclic amines) is 1. The lowest BCUT2D eigenvalue weighted by Crippen LogP contribution is -2.31. The van der Waals surface area contributed by atoms with Gasteiger partial charge in [0.1, 0.15) is 5.75 Å². The number of hydrogen-bond donors (Lipinski definition) is 0. The first-order valence-electron chi connectivity index (χ1n) is 9.65. The predicted molar refractivity (Wildman–Crippen MR) is 101 cm³/mol. The van der Waals surface area contributed by atoms with Gasteiger partial charge in [0.15, 0.2) is 0 Å². The van der Waals surface area contributed by atoms with E-state index < -0.39 is 0 Å². The lowest BCUT2D eigenvalue weighted by Gasteiger charge is -2.22. The van der Waals surface area contributed by atoms with Crippen LogP contribution in [0.25, 0.3) is 0 Å². The number of allylic oxidation sites excluding steroid dienone is 1. The van der Waals surface area contributed by atoms with Crippen molar-refractivity contribution < 1.29 is 9.53 Å². The van der Waals surface area contributed by atoms with Crippen LogP contribution in [0.3, 0.4) is 0 Å². The van der Waals surface area contributed by atoms with E-state index in [4.69, 9.17) is 4.74 Å². The summed E-state index contributed by atoms with van der Waals surface area (Å²) in [5.41, 5.74) is 0.729. The highest BCUT2D eigenvalue weighted by atomic mass is 16.5. The maximum absolute atomic E-state index is 12.3. The minimum Gasteiger partial charge on any atom is -0.494 e. The summed E-state index contributed by atoms with van der Waals surface area (Å²) in [5.74, 6) is 1.79. The van der Waals surface area contributed by atoms with E-state index in [-0.39, 0.29) is 5.91 Å². The number of carbonyl (C=O) groups is 1. The molecule has 1 amide bonds. The molecule has 4 heteroatoms. The summed E-state index contributed by atoms with van der Waals surface area (Å²) in [6, 6.07) is 8.21. The molecule has 2 atom stereocenters. The van der Waals surface area contributed by atoms with Crippen molar-refractivity contribution >= 4 is 5.91 Å². The van der Waals surface area contributed by atoms with Crippen LogP contribution in [0.15, 0.2) is 36.4 Å². The molecule has 0 saturated carbocycles. The fraction of sp³-hybridized carbons (Fsp3) is 0.571. The van der Waals surface area contributed by atoms with Crippen molar-refractivity contribution in [3.8, 4) is 5.75 Å². The molecule has 4 nitrogen and oxygen atoms in total. The fourth-order valence-corrected chi connectivity index (χ4v) is 3.98. The highest BCUT2D eigenvalue weighted by molar-refractivity contribution is 5.94. The Balaban J connectivity index is 1.41. The third-order valence-corrected chi connectivity index (χ3v) is 5.47. The molecule has 1 aliphatic heterocycles. The van der Waals surface area contributed by atoms with Gasteiger partial charge >= 0.3 is 0 Å². The smallest absolute Gasteiger partial charge is 0.253 e. The van der Waals surface area contributed by atoms with Gasteiger partial charge in [-0.2, -0.15) is 0 Å². The van der Waals surface area contributed by atoms with E-state index >= 15 is 0 Å². The largest absolute Gasteiger partial charge is 0.494 e. The van der Waals surface area contributed by atoms with E-state index in [1.807, 2.05) is 43.0 Å². The van der Waals surface area contributed by atoms with Gasteiger partial charge < -0.3 is 9.64 Å². The second kappa shape index (κ2) is 8.52. The Kier molecular flexibility index (Phi) is 6.14. The van der Waals surface area contributed by atoms with Crippen molar-refractivity contribution in [2.75, 3.05) is 32.8 Å². The van der Waals surface area contributed by atoms with Gasteiger partial charge in [-0.1, -0.05) is 12.2 Å². The Morgan fingerprint density at radius 2 is 2.00 bits per heavy atom. The second-order valence-electron chi connectivity index (χ2n) is 6.94. The van der Waals surface area contributed by atoms with Gasteiger partial charge in [0.05, 0.1) is 6.61 Å². The van der Waals surface area contributed by atoms with Crippen LogP contribution >= 0.6 is 0 Å². The lowest BCUT2D eigenvalue weighted by atomic mass is 10.0. The van der Waals surface area contributed by atoms with Crippen molar-refractivity contribution in [2.45, 2.75) is 39.2 Å². The van der Waals surface area contributed by atoms with Crippen molar-refractivity contribution in [3.63, 3.8) is 0 Å². The molecule has 2 aliphatic rings. The zero-order valence-corrected chi connectivity index (χ0v) is 15.5. The maximum atomic E-state index is 12.3. The van der Waals surface area contributed by atoms with Gasteiger partial charge in [0.2, 0.25) is 0 Å². The van der Waals surface area contributed by atoms with Crippen molar-refractivity contribution in [1.82, 2.24) is 9.80 Å². The van der Waals surface area contributed by atoms with Crippen LogP contribution < -0.4 is 4.74 Å². The zero-order chi connectivity index (χ0) is 17.6. The fourth-order valence-electron chi connectivity index (χ4n) is 3.98. The van der Waals surface area contributed by atoms with Crippen molar-refractivity contribution in [2.24, 2.45) is 5.92 Å². The number of benzene rings is 1. The number of amides is 1. The average molecular weight is 342 g/mol. The summed E-state index contributed by atoms with van der Waals surface area (Å²) in [5, 5.41) is 0. The van der Waals surface area contributed by atoms with Crippen molar-refractivity contribution in [3.05, 3.63) is 42.0 Å². The number of ether oxygens (including phenoxy) is 1. The summed E-state index contributed by atoms with van der Waals surface area (Å²) >= 11 is 0. The molecular formula is C21H30N2O2. The van der Waals surface area contributed by atoms with Crippen molar-refractivity contribution in [1.29, 1.82) is 0 Å². The first-order chi connectivity index (χ1) is 12.2. The second-order valence-corrected chi connectivity index (χ2v) is 6.94. The lowest BCUT2D eigenvalue weighted by molar-refractivity contribution is 0.0773. The highest BCUT2D eigenvalue weighted by Crippen LogP contribution is 2.32. The van der Waals surface area contributed by atoms with E-state index in [1.165, 1.54) is 19.4 Å². The molecule has 1 aromatic carbocycles. The van der Waals surface area contributed by atoms with Gasteiger partial charge in [-0.05, 0) is 69.8 Å². The van der Waals surface area contributed by atoms with Crippen LogP contribution in [0.1, 0.15) is 43.5 Å². The molecule has 25 heavy (non-hydrogen) atoms. The molecule has 0 aromatic heterocycles. The van der Waals surface area contributed by atoms with E-state index in [0.717, 1.165) is 49.9 Å². The summed E-state index contributed by atoms with van der Waals surface area (Å²) < 4.78 is 5.86. The highest BCUT2D eigenvalue weighted by Gasteiger charge is 2.33. The molecule has 0 radical (unpaired) electrons. The van der Waals surface area contributed by atoms with Gasteiger partial charge in [-0.25, -0.2) is 0 Å². The van der Waals surface area contributed by atoms with Crippen LogP contribution in [-0.2, 0) is 0 Å². The Morgan fingerprint density at radius 3 is 2.72 bits per heavy atom. The van der Waals surface area contributed by atoms with Crippen LogP contribution in [0.4, 0.5) is 0 Å². The third kappa shape index (κ3) is 4.24. The molecule has 136 valence electrons. The molecule has 0 N–H and O–H groups in total. The normalized spacial score (nSPS) is 22.2. The first kappa shape index (κ1) is 18.0. The van der Waals surface area contributed by atoms with Gasteiger partial charge in [-0.15, -0.1) is 0 Å².